The van der Waals surface area contributed by atoms with E-state index in [0.29, 0.717) is 45.7 Å². The summed E-state index contributed by atoms with van der Waals surface area (Å²) in [7, 11) is -7.02. The van der Waals surface area contributed by atoms with Crippen LogP contribution >= 0.6 is 0 Å². The van der Waals surface area contributed by atoms with Gasteiger partial charge in [0, 0.05) is 32.2 Å². The van der Waals surface area contributed by atoms with Crippen LogP contribution in [0.2, 0.25) is 0 Å². The van der Waals surface area contributed by atoms with Crippen LogP contribution in [-0.4, -0.2) is 81.4 Å². The number of nitrogens with zero attached hydrogens (tertiary/aromatic N) is 2. The Bertz CT molecular complexity index is 1920. The summed E-state index contributed by atoms with van der Waals surface area (Å²) in [6, 6.07) is 28.2. The van der Waals surface area contributed by atoms with Gasteiger partial charge in [0.2, 0.25) is 19.7 Å². The van der Waals surface area contributed by atoms with E-state index >= 15 is 0 Å². The molecule has 268 valence electrons. The average molecular weight is 721 g/mol. The molecule has 0 bridgehead atoms. The van der Waals surface area contributed by atoms with Gasteiger partial charge in [0.1, 0.15) is 24.7 Å². The molecule has 50 heavy (non-hydrogen) atoms. The molecule has 2 N–H and O–H groups in total. The van der Waals surface area contributed by atoms with Crippen molar-refractivity contribution in [3.63, 3.8) is 0 Å². The molecule has 0 amide bonds. The summed E-state index contributed by atoms with van der Waals surface area (Å²) in [6.45, 7) is 14.6. The minimum absolute atomic E-state index is 0.274. The van der Waals surface area contributed by atoms with Crippen molar-refractivity contribution in [2.24, 2.45) is 0 Å². The highest BCUT2D eigenvalue weighted by Gasteiger charge is 2.32. The van der Waals surface area contributed by atoms with Gasteiger partial charge in [-0.3, -0.25) is 0 Å². The van der Waals surface area contributed by atoms with Crippen LogP contribution in [0.1, 0.15) is 27.7 Å². The second kappa shape index (κ2) is 16.7. The number of benzene rings is 4. The van der Waals surface area contributed by atoms with Crippen molar-refractivity contribution < 1.29 is 26.3 Å². The molecule has 2 saturated heterocycles. The summed E-state index contributed by atoms with van der Waals surface area (Å²) in [6.07, 6.45) is 0. The van der Waals surface area contributed by atoms with Gasteiger partial charge in [0.25, 0.3) is 0 Å². The summed E-state index contributed by atoms with van der Waals surface area (Å²) in [5, 5.41) is 6.53. The molecule has 8 rings (SSSR count). The van der Waals surface area contributed by atoms with Gasteiger partial charge in [0.15, 0.2) is 0 Å². The van der Waals surface area contributed by atoms with Crippen LogP contribution in [-0.2, 0) is 19.7 Å². The first-order valence-electron chi connectivity index (χ1n) is 17.4. The lowest BCUT2D eigenvalue weighted by Crippen LogP contribution is -2.59. The molecule has 0 aromatic heterocycles. The molecule has 0 aliphatic carbocycles. The first-order valence-corrected chi connectivity index (χ1v) is 20.4. The third-order valence-corrected chi connectivity index (χ3v) is 12.3. The largest absolute Gasteiger partial charge is 0.490 e. The summed E-state index contributed by atoms with van der Waals surface area (Å²) >= 11 is 0. The Hall–Kier alpha value is -4.10. The van der Waals surface area contributed by atoms with Crippen molar-refractivity contribution >= 4 is 31.0 Å². The summed E-state index contributed by atoms with van der Waals surface area (Å²) in [5.41, 5.74) is 1.86. The zero-order chi connectivity index (χ0) is 35.7. The smallest absolute Gasteiger partial charge is 0.206 e. The van der Waals surface area contributed by atoms with Crippen molar-refractivity contribution in [1.82, 2.24) is 10.6 Å². The fourth-order valence-corrected chi connectivity index (χ4v) is 8.59. The molecule has 0 atom stereocenters. The molecule has 0 radical (unpaired) electrons. The van der Waals surface area contributed by atoms with Gasteiger partial charge in [0.05, 0.1) is 56.1 Å². The normalized spacial score (nSPS) is 16.8. The number of hydrogen-bond acceptors (Lipinski definition) is 10. The average Bonchev–Trinajstić information content (AvgIpc) is 3.13. The lowest BCUT2D eigenvalue weighted by atomic mass is 10.1. The minimum atomic E-state index is -3.51. The summed E-state index contributed by atoms with van der Waals surface area (Å²) in [5.74, 6) is 1.41. The zero-order valence-corrected chi connectivity index (χ0v) is 30.8. The SMILES string of the molecule is CC.CC.O=S(=O)(c1ccccc1)c1ccc2c(c1)N(C1CNC1)CCO2.O=S(=O)(c1ccccc1)c1ccc2c(c1)OCCN2C1CNC1. The number of ether oxygens (including phenoxy) is 2. The van der Waals surface area contributed by atoms with E-state index in [1.807, 2.05) is 39.8 Å². The van der Waals surface area contributed by atoms with E-state index in [0.717, 1.165) is 56.4 Å². The predicted molar refractivity (Wildman–Crippen MR) is 198 cm³/mol. The highest BCUT2D eigenvalue weighted by atomic mass is 32.2. The molecule has 4 aromatic rings. The van der Waals surface area contributed by atoms with Crippen molar-refractivity contribution in [2.45, 2.75) is 59.4 Å². The van der Waals surface area contributed by atoms with Crippen LogP contribution in [0.5, 0.6) is 11.5 Å². The van der Waals surface area contributed by atoms with Gasteiger partial charge in [-0.05, 0) is 54.6 Å². The number of fused-ring (bicyclic) bond motifs is 2. The van der Waals surface area contributed by atoms with Gasteiger partial charge in [-0.2, -0.15) is 0 Å². The van der Waals surface area contributed by atoms with Crippen molar-refractivity contribution in [3.8, 4) is 11.5 Å². The molecule has 2 fully saturated rings. The van der Waals surface area contributed by atoms with E-state index in [1.165, 1.54) is 0 Å². The van der Waals surface area contributed by atoms with Gasteiger partial charge in [-0.1, -0.05) is 64.1 Å². The van der Waals surface area contributed by atoms with Crippen LogP contribution in [0.15, 0.2) is 117 Å². The van der Waals surface area contributed by atoms with E-state index in [-0.39, 0.29) is 4.90 Å². The fraction of sp³-hybridized carbons (Fsp3) is 0.368. The first-order chi connectivity index (χ1) is 24.3. The molecule has 4 aromatic carbocycles. The maximum atomic E-state index is 12.8. The molecule has 0 spiro atoms. The van der Waals surface area contributed by atoms with Crippen LogP contribution in [0.3, 0.4) is 0 Å². The quantitative estimate of drug-likeness (QED) is 0.267. The monoisotopic (exact) mass is 720 g/mol. The van der Waals surface area contributed by atoms with Gasteiger partial charge in [-0.15, -0.1) is 0 Å². The maximum Gasteiger partial charge on any atom is 0.206 e. The second-order valence-corrected chi connectivity index (χ2v) is 15.5. The minimum Gasteiger partial charge on any atom is -0.490 e. The van der Waals surface area contributed by atoms with E-state index in [9.17, 15) is 16.8 Å². The zero-order valence-electron chi connectivity index (χ0n) is 29.2. The second-order valence-electron chi connectivity index (χ2n) is 11.6. The van der Waals surface area contributed by atoms with E-state index in [2.05, 4.69) is 20.4 Å². The molecule has 4 aliphatic rings. The molecule has 4 aliphatic heterocycles. The molecule has 10 nitrogen and oxygen atoms in total. The Balaban J connectivity index is 0.000000177. The topological polar surface area (TPSA) is 117 Å². The summed E-state index contributed by atoms with van der Waals surface area (Å²) < 4.78 is 62.5. The Morgan fingerprint density at radius 3 is 1.44 bits per heavy atom. The standard InChI is InChI=1S/2C17H18N2O3S.2C2H6/c20-23(21,14-4-2-1-3-5-14)15-6-7-17-16(10-15)19(8-9-22-17)13-11-18-12-13;20-23(21,14-4-2-1-3-5-14)15-6-7-16-17(10-15)22-9-8-19(16)13-11-18-12-13;2*1-2/h2*1-7,10,13,18H,8-9,11-12H2;2*1-2H3. The third kappa shape index (κ3) is 7.78. The summed E-state index contributed by atoms with van der Waals surface area (Å²) in [4.78, 5) is 5.75. The maximum absolute atomic E-state index is 12.8. The number of anilines is 2. The highest BCUT2D eigenvalue weighted by molar-refractivity contribution is 7.91. The van der Waals surface area contributed by atoms with E-state index in [4.69, 9.17) is 9.47 Å². The van der Waals surface area contributed by atoms with E-state index in [1.54, 1.807) is 84.9 Å². The number of rotatable bonds is 6. The Kier molecular flexibility index (Phi) is 12.4. The number of hydrogen-bond donors (Lipinski definition) is 2. The molecule has 0 saturated carbocycles. The van der Waals surface area contributed by atoms with E-state index < -0.39 is 19.7 Å². The number of sulfone groups is 2. The highest BCUT2D eigenvalue weighted by Crippen LogP contribution is 2.38. The van der Waals surface area contributed by atoms with Crippen LogP contribution in [0.4, 0.5) is 11.4 Å². The molecule has 0 unspecified atom stereocenters. The van der Waals surface area contributed by atoms with Crippen LogP contribution < -0.4 is 29.9 Å². The molecular formula is C38H48N4O6S2. The number of nitrogens with one attached hydrogen (secondary N) is 2. The Morgan fingerprint density at radius 1 is 0.520 bits per heavy atom. The molecule has 4 heterocycles. The Labute approximate surface area is 297 Å². The van der Waals surface area contributed by atoms with Crippen molar-refractivity contribution in [2.75, 3.05) is 62.3 Å². The third-order valence-electron chi connectivity index (χ3n) is 8.79. The first kappa shape index (κ1) is 37.2. The van der Waals surface area contributed by atoms with Crippen molar-refractivity contribution in [1.29, 1.82) is 0 Å². The molecule has 12 heteroatoms. The van der Waals surface area contributed by atoms with Gasteiger partial charge in [-0.25, -0.2) is 16.8 Å². The Morgan fingerprint density at radius 2 is 0.960 bits per heavy atom. The lowest BCUT2D eigenvalue weighted by molar-refractivity contribution is 0.285. The fourth-order valence-electron chi connectivity index (χ4n) is 5.99. The van der Waals surface area contributed by atoms with Gasteiger partial charge >= 0.3 is 0 Å². The van der Waals surface area contributed by atoms with Crippen molar-refractivity contribution in [3.05, 3.63) is 97.1 Å². The lowest BCUT2D eigenvalue weighted by Gasteiger charge is -2.42. The van der Waals surface area contributed by atoms with Gasteiger partial charge < -0.3 is 29.9 Å². The predicted octanol–water partition coefficient (Wildman–Crippen LogP) is 5.43. The van der Waals surface area contributed by atoms with Crippen LogP contribution in [0, 0.1) is 0 Å². The van der Waals surface area contributed by atoms with Crippen LogP contribution in [0.25, 0.3) is 0 Å². The molecular weight excluding hydrogens is 673 g/mol.